The summed E-state index contributed by atoms with van der Waals surface area (Å²) in [7, 11) is -4.75. The SMILES string of the molecule is N#C[C@@H]1CC[C@@H]2CN1C(=O)N2OS(=O)(=O)ON1C(=O)N2C[C@H]1CC[C@H]2C#N. The number of nitrogens with zero attached hydrogens (tertiary/aromatic N) is 6. The van der Waals surface area contributed by atoms with Crippen LogP contribution in [0.3, 0.4) is 0 Å². The number of hydroxylamine groups is 4. The zero-order valence-corrected chi connectivity index (χ0v) is 14.9. The van der Waals surface area contributed by atoms with E-state index < -0.39 is 46.6 Å². The summed E-state index contributed by atoms with van der Waals surface area (Å²) in [5.41, 5.74) is 0. The molecule has 4 atom stereocenters. The van der Waals surface area contributed by atoms with E-state index in [0.29, 0.717) is 35.8 Å². The maximum atomic E-state index is 12.3. The summed E-state index contributed by atoms with van der Waals surface area (Å²) in [5, 5.41) is 19.5. The largest absolute Gasteiger partial charge is 0.442 e. The van der Waals surface area contributed by atoms with Gasteiger partial charge >= 0.3 is 22.5 Å². The van der Waals surface area contributed by atoms with Crippen molar-refractivity contribution in [3.8, 4) is 12.1 Å². The molecule has 0 aromatic rings. The van der Waals surface area contributed by atoms with Crippen molar-refractivity contribution in [3.63, 3.8) is 0 Å². The van der Waals surface area contributed by atoms with Crippen molar-refractivity contribution in [2.75, 3.05) is 13.1 Å². The van der Waals surface area contributed by atoms with E-state index in [4.69, 9.17) is 19.1 Å². The molecular formula is C14H16N6O6S. The van der Waals surface area contributed by atoms with Crippen LogP contribution in [0.1, 0.15) is 25.7 Å². The van der Waals surface area contributed by atoms with Crippen LogP contribution in [0.4, 0.5) is 9.59 Å². The number of hydrogen-bond donors (Lipinski definition) is 0. The molecule has 4 amide bonds. The van der Waals surface area contributed by atoms with Gasteiger partial charge in [0.15, 0.2) is 0 Å². The van der Waals surface area contributed by atoms with Crippen LogP contribution in [0.15, 0.2) is 0 Å². The number of rotatable bonds is 4. The van der Waals surface area contributed by atoms with E-state index in [1.807, 2.05) is 12.1 Å². The van der Waals surface area contributed by atoms with Crippen LogP contribution in [0.25, 0.3) is 0 Å². The fourth-order valence-corrected chi connectivity index (χ4v) is 4.73. The molecule has 4 fully saturated rings. The van der Waals surface area contributed by atoms with Crippen molar-refractivity contribution < 1.29 is 26.6 Å². The van der Waals surface area contributed by atoms with Crippen LogP contribution in [0.2, 0.25) is 0 Å². The zero-order chi connectivity index (χ0) is 19.3. The highest BCUT2D eigenvalue weighted by Crippen LogP contribution is 2.33. The topological polar surface area (TPSA) is 147 Å². The van der Waals surface area contributed by atoms with E-state index in [0.717, 1.165) is 0 Å². The summed E-state index contributed by atoms with van der Waals surface area (Å²) in [6.07, 6.45) is 1.67. The van der Waals surface area contributed by atoms with Gasteiger partial charge in [0, 0.05) is 13.1 Å². The molecule has 144 valence electrons. The monoisotopic (exact) mass is 396 g/mol. The van der Waals surface area contributed by atoms with Crippen molar-refractivity contribution in [3.05, 3.63) is 0 Å². The Hall–Kier alpha value is -2.61. The van der Waals surface area contributed by atoms with Gasteiger partial charge in [-0.1, -0.05) is 0 Å². The van der Waals surface area contributed by atoms with Crippen LogP contribution in [-0.2, 0) is 19.0 Å². The van der Waals surface area contributed by atoms with Crippen molar-refractivity contribution in [1.29, 1.82) is 10.5 Å². The third-order valence-electron chi connectivity index (χ3n) is 5.29. The number of piperidine rings is 2. The van der Waals surface area contributed by atoms with E-state index in [9.17, 15) is 18.0 Å². The molecule has 0 aromatic heterocycles. The first-order valence-corrected chi connectivity index (χ1v) is 9.81. The molecule has 4 bridgehead atoms. The summed E-state index contributed by atoms with van der Waals surface area (Å²) in [6, 6.07) is 0.278. The average molecular weight is 396 g/mol. The minimum Gasteiger partial charge on any atom is -0.305 e. The highest BCUT2D eigenvalue weighted by atomic mass is 32.3. The molecule has 0 unspecified atom stereocenters. The first-order chi connectivity index (χ1) is 12.8. The smallest absolute Gasteiger partial charge is 0.305 e. The fourth-order valence-electron chi connectivity index (χ4n) is 3.94. The van der Waals surface area contributed by atoms with Gasteiger partial charge in [0.05, 0.1) is 24.2 Å². The number of nitriles is 2. The molecule has 0 N–H and O–H groups in total. The number of carbonyl (C=O) groups excluding carboxylic acids is 2. The Morgan fingerprint density at radius 2 is 1.22 bits per heavy atom. The molecule has 13 heteroatoms. The van der Waals surface area contributed by atoms with Crippen LogP contribution >= 0.6 is 0 Å². The molecule has 4 heterocycles. The quantitative estimate of drug-likeness (QED) is 0.628. The Balaban J connectivity index is 1.46. The van der Waals surface area contributed by atoms with Gasteiger partial charge in [0.2, 0.25) is 0 Å². The third kappa shape index (κ3) is 2.84. The molecular weight excluding hydrogens is 380 g/mol. The van der Waals surface area contributed by atoms with Crippen LogP contribution in [0, 0.1) is 22.7 Å². The summed E-state index contributed by atoms with van der Waals surface area (Å²) < 4.78 is 34.3. The number of fused-ring (bicyclic) bond motifs is 4. The van der Waals surface area contributed by atoms with E-state index in [2.05, 4.69) is 0 Å². The first kappa shape index (κ1) is 17.8. The van der Waals surface area contributed by atoms with Gasteiger partial charge in [-0.05, 0) is 25.7 Å². The lowest BCUT2D eigenvalue weighted by Crippen LogP contribution is -2.41. The van der Waals surface area contributed by atoms with Crippen LogP contribution in [0.5, 0.6) is 0 Å². The number of amides is 4. The molecule has 0 saturated carbocycles. The van der Waals surface area contributed by atoms with E-state index >= 15 is 0 Å². The second-order valence-corrected chi connectivity index (χ2v) is 7.95. The minimum absolute atomic E-state index is 0.190. The molecule has 4 saturated heterocycles. The van der Waals surface area contributed by atoms with Crippen molar-refractivity contribution >= 4 is 22.5 Å². The summed E-state index contributed by atoms with van der Waals surface area (Å²) in [4.78, 5) is 27.2. The lowest BCUT2D eigenvalue weighted by Gasteiger charge is -2.25. The molecule has 4 aliphatic heterocycles. The lowest BCUT2D eigenvalue weighted by atomic mass is 10.0. The Bertz CT molecular complexity index is 800. The van der Waals surface area contributed by atoms with Gasteiger partial charge < -0.3 is 9.80 Å². The Morgan fingerprint density at radius 3 is 1.59 bits per heavy atom. The maximum Gasteiger partial charge on any atom is 0.442 e. The maximum absolute atomic E-state index is 12.3. The summed E-state index contributed by atoms with van der Waals surface area (Å²) in [6.45, 7) is 0.380. The van der Waals surface area contributed by atoms with Crippen molar-refractivity contribution in [2.24, 2.45) is 0 Å². The second-order valence-electron chi connectivity index (χ2n) is 6.83. The standard InChI is InChI=1S/C14H16N6O6S/c15-5-9-1-3-11-7-17(9)13(21)19(11)25-27(23,24)26-20-12-4-2-10(6-16)18(8-12)14(20)22/h9-12H,1-4,7-8H2/t9-,10-,11+,12+/m0/s1. The van der Waals surface area contributed by atoms with E-state index in [-0.39, 0.29) is 13.1 Å². The zero-order valence-electron chi connectivity index (χ0n) is 14.1. The minimum atomic E-state index is -4.75. The summed E-state index contributed by atoms with van der Waals surface area (Å²) in [5.74, 6) is 0. The lowest BCUT2D eigenvalue weighted by molar-refractivity contribution is -0.0841. The fraction of sp³-hybridized carbons (Fsp3) is 0.714. The van der Waals surface area contributed by atoms with Gasteiger partial charge in [-0.3, -0.25) is 0 Å². The van der Waals surface area contributed by atoms with Crippen LogP contribution in [-0.4, -0.2) is 77.7 Å². The van der Waals surface area contributed by atoms with E-state index in [1.54, 1.807) is 0 Å². The molecule has 0 aliphatic carbocycles. The Morgan fingerprint density at radius 1 is 0.815 bits per heavy atom. The Labute approximate surface area is 155 Å². The van der Waals surface area contributed by atoms with Gasteiger partial charge in [-0.2, -0.15) is 29.1 Å². The molecule has 0 aromatic carbocycles. The van der Waals surface area contributed by atoms with Crippen LogP contribution < -0.4 is 0 Å². The average Bonchev–Trinajstić information content (AvgIpc) is 3.03. The van der Waals surface area contributed by atoms with Gasteiger partial charge in [0.1, 0.15) is 12.1 Å². The van der Waals surface area contributed by atoms with Crippen molar-refractivity contribution in [2.45, 2.75) is 49.9 Å². The highest BCUT2D eigenvalue weighted by molar-refractivity contribution is 7.81. The second kappa shape index (κ2) is 6.23. The predicted molar refractivity (Wildman–Crippen MR) is 83.8 cm³/mol. The summed E-state index contributed by atoms with van der Waals surface area (Å²) >= 11 is 0. The van der Waals surface area contributed by atoms with Gasteiger partial charge in [-0.25, -0.2) is 9.59 Å². The number of carbonyl (C=O) groups is 2. The first-order valence-electron chi connectivity index (χ1n) is 8.47. The predicted octanol–water partition coefficient (Wildman–Crippen LogP) is -0.321. The number of hydrogen-bond acceptors (Lipinski definition) is 8. The molecule has 4 aliphatic rings. The van der Waals surface area contributed by atoms with E-state index in [1.165, 1.54) is 9.80 Å². The van der Waals surface area contributed by atoms with Gasteiger partial charge in [0.25, 0.3) is 0 Å². The third-order valence-corrected chi connectivity index (χ3v) is 5.97. The highest BCUT2D eigenvalue weighted by Gasteiger charge is 2.50. The molecule has 12 nitrogen and oxygen atoms in total. The molecule has 0 radical (unpaired) electrons. The molecule has 4 rings (SSSR count). The molecule has 27 heavy (non-hydrogen) atoms. The van der Waals surface area contributed by atoms with Crippen molar-refractivity contribution in [1.82, 2.24) is 19.9 Å². The normalized spacial score (nSPS) is 32.7. The molecule has 0 spiro atoms. The van der Waals surface area contributed by atoms with Gasteiger partial charge in [-0.15, -0.1) is 8.57 Å². The number of urea groups is 2. The Kier molecular flexibility index (Phi) is 4.10.